The molecule has 206 valence electrons. The maximum Gasteiger partial charge on any atom is 0.324 e. The SMILES string of the molecule is CNc1ncnc2c1c(-c1ccc(NC(=O)Nc3cc(C(C)(C)C)nn3-c3ccc(C(C)C)cc3)cc1)nn2C. The number of carbonyl (C=O) groups is 1. The molecule has 10 nitrogen and oxygen atoms in total. The number of amides is 2. The fourth-order valence-corrected chi connectivity index (χ4v) is 4.50. The first-order valence-electron chi connectivity index (χ1n) is 13.3. The molecule has 2 amide bonds. The van der Waals surface area contributed by atoms with Crippen molar-refractivity contribution in [2.45, 2.75) is 46.0 Å². The van der Waals surface area contributed by atoms with Gasteiger partial charge in [0, 0.05) is 36.8 Å². The first-order chi connectivity index (χ1) is 19.0. The molecular weight excluding hydrogens is 502 g/mol. The maximum atomic E-state index is 13.1. The van der Waals surface area contributed by atoms with Crippen LogP contribution in [0.2, 0.25) is 0 Å². The highest BCUT2D eigenvalue weighted by molar-refractivity contribution is 6.01. The van der Waals surface area contributed by atoms with Crippen molar-refractivity contribution in [2.24, 2.45) is 7.05 Å². The van der Waals surface area contributed by atoms with Crippen molar-refractivity contribution in [1.82, 2.24) is 29.5 Å². The average Bonchev–Trinajstić information content (AvgIpc) is 3.50. The van der Waals surface area contributed by atoms with Crippen LogP contribution in [0.25, 0.3) is 28.0 Å². The molecule has 0 saturated carbocycles. The van der Waals surface area contributed by atoms with Crippen molar-refractivity contribution in [3.8, 4) is 16.9 Å². The van der Waals surface area contributed by atoms with Crippen LogP contribution in [0.3, 0.4) is 0 Å². The minimum atomic E-state index is -0.359. The Morgan fingerprint density at radius 3 is 2.25 bits per heavy atom. The molecule has 40 heavy (non-hydrogen) atoms. The van der Waals surface area contributed by atoms with Crippen LogP contribution in [0.5, 0.6) is 0 Å². The summed E-state index contributed by atoms with van der Waals surface area (Å²) in [5.41, 5.74) is 5.87. The predicted molar refractivity (Wildman–Crippen MR) is 160 cm³/mol. The lowest BCUT2D eigenvalue weighted by molar-refractivity contribution is 0.262. The Morgan fingerprint density at radius 1 is 0.925 bits per heavy atom. The molecule has 10 heteroatoms. The average molecular weight is 538 g/mol. The molecule has 3 aromatic heterocycles. The number of nitrogens with zero attached hydrogens (tertiary/aromatic N) is 6. The maximum absolute atomic E-state index is 13.1. The molecule has 5 rings (SSSR count). The zero-order chi connectivity index (χ0) is 28.6. The van der Waals surface area contributed by atoms with Gasteiger partial charge < -0.3 is 10.6 Å². The summed E-state index contributed by atoms with van der Waals surface area (Å²) in [6.07, 6.45) is 1.52. The van der Waals surface area contributed by atoms with Crippen LogP contribution >= 0.6 is 0 Å². The first-order valence-corrected chi connectivity index (χ1v) is 13.3. The van der Waals surface area contributed by atoms with Crippen LogP contribution < -0.4 is 16.0 Å². The zero-order valence-electron chi connectivity index (χ0n) is 23.9. The molecule has 0 bridgehead atoms. The van der Waals surface area contributed by atoms with Gasteiger partial charge in [-0.05, 0) is 35.7 Å². The van der Waals surface area contributed by atoms with Crippen molar-refractivity contribution in [3.63, 3.8) is 0 Å². The van der Waals surface area contributed by atoms with Gasteiger partial charge in [-0.15, -0.1) is 0 Å². The number of anilines is 3. The monoisotopic (exact) mass is 537 g/mol. The lowest BCUT2D eigenvalue weighted by Gasteiger charge is -2.14. The standard InChI is InChI=1S/C30H35N9O/c1-18(2)19-10-14-22(15-11-19)39-24(16-23(36-39)30(3,4)5)35-29(40)34-21-12-8-20(9-13-21)26-25-27(31-6)32-17-33-28(25)38(7)37-26/h8-18H,1-7H3,(H,31,32,33)(H2,34,35,40). The van der Waals surface area contributed by atoms with E-state index < -0.39 is 0 Å². The Morgan fingerprint density at radius 2 is 1.62 bits per heavy atom. The van der Waals surface area contributed by atoms with Crippen LogP contribution in [-0.4, -0.2) is 42.6 Å². The quantitative estimate of drug-likeness (QED) is 0.233. The molecule has 0 fully saturated rings. The molecule has 0 saturated heterocycles. The van der Waals surface area contributed by atoms with Gasteiger partial charge >= 0.3 is 6.03 Å². The second-order valence-corrected chi connectivity index (χ2v) is 11.1. The second-order valence-electron chi connectivity index (χ2n) is 11.1. The van der Waals surface area contributed by atoms with E-state index in [-0.39, 0.29) is 11.4 Å². The Kier molecular flexibility index (Phi) is 7.01. The Balaban J connectivity index is 1.37. The number of hydrogen-bond donors (Lipinski definition) is 3. The van der Waals surface area contributed by atoms with Gasteiger partial charge in [-0.3, -0.25) is 5.32 Å². The Labute approximate surface area is 233 Å². The van der Waals surface area contributed by atoms with Crippen LogP contribution in [0.15, 0.2) is 60.9 Å². The molecule has 0 unspecified atom stereocenters. The van der Waals surface area contributed by atoms with E-state index >= 15 is 0 Å². The zero-order valence-corrected chi connectivity index (χ0v) is 23.9. The van der Waals surface area contributed by atoms with E-state index in [1.54, 1.807) is 9.36 Å². The van der Waals surface area contributed by atoms with E-state index in [9.17, 15) is 4.79 Å². The summed E-state index contributed by atoms with van der Waals surface area (Å²) in [7, 11) is 3.67. The smallest absolute Gasteiger partial charge is 0.324 e. The van der Waals surface area contributed by atoms with Crippen LogP contribution in [0.4, 0.5) is 22.1 Å². The molecule has 2 aromatic carbocycles. The Bertz CT molecular complexity index is 1660. The highest BCUT2D eigenvalue weighted by Crippen LogP contribution is 2.32. The number of carbonyl (C=O) groups excluding carboxylic acids is 1. The molecule has 3 N–H and O–H groups in total. The molecule has 0 aliphatic carbocycles. The van der Waals surface area contributed by atoms with Gasteiger partial charge in [-0.2, -0.15) is 10.2 Å². The van der Waals surface area contributed by atoms with E-state index in [0.717, 1.165) is 33.7 Å². The summed E-state index contributed by atoms with van der Waals surface area (Å²) in [6.45, 7) is 10.6. The fourth-order valence-electron chi connectivity index (χ4n) is 4.50. The number of aromatic nitrogens is 6. The van der Waals surface area contributed by atoms with Crippen LogP contribution in [0, 0.1) is 0 Å². The van der Waals surface area contributed by atoms with Crippen molar-refractivity contribution < 1.29 is 4.79 Å². The van der Waals surface area contributed by atoms with Gasteiger partial charge in [0.25, 0.3) is 0 Å². The van der Waals surface area contributed by atoms with Gasteiger partial charge in [-0.25, -0.2) is 24.1 Å². The van der Waals surface area contributed by atoms with Crippen LogP contribution in [0.1, 0.15) is 51.8 Å². The van der Waals surface area contributed by atoms with E-state index in [1.165, 1.54) is 11.9 Å². The second kappa shape index (κ2) is 10.4. The summed E-state index contributed by atoms with van der Waals surface area (Å²) in [5, 5.41) is 19.3. The highest BCUT2D eigenvalue weighted by atomic mass is 16.2. The first kappa shape index (κ1) is 26.9. The van der Waals surface area contributed by atoms with Crippen molar-refractivity contribution >= 4 is 34.4 Å². The lowest BCUT2D eigenvalue weighted by Crippen LogP contribution is -2.21. The molecule has 0 spiro atoms. The number of urea groups is 1. The Hall–Kier alpha value is -4.73. The van der Waals surface area contributed by atoms with E-state index in [2.05, 4.69) is 77.8 Å². The fraction of sp³-hybridized carbons (Fsp3) is 0.300. The summed E-state index contributed by atoms with van der Waals surface area (Å²) >= 11 is 0. The molecule has 5 aromatic rings. The van der Waals surface area contributed by atoms with Gasteiger partial charge in [0.05, 0.1) is 16.8 Å². The van der Waals surface area contributed by atoms with E-state index in [0.29, 0.717) is 23.2 Å². The van der Waals surface area contributed by atoms with Crippen molar-refractivity contribution in [2.75, 3.05) is 23.0 Å². The van der Waals surface area contributed by atoms with Gasteiger partial charge in [0.15, 0.2) is 5.65 Å². The summed E-state index contributed by atoms with van der Waals surface area (Å²) in [4.78, 5) is 21.8. The molecule has 0 atom stereocenters. The topological polar surface area (TPSA) is 115 Å². The predicted octanol–water partition coefficient (Wildman–Crippen LogP) is 6.32. The van der Waals surface area contributed by atoms with Crippen molar-refractivity contribution in [3.05, 3.63) is 72.2 Å². The third-order valence-electron chi connectivity index (χ3n) is 6.80. The molecule has 0 radical (unpaired) electrons. The highest BCUT2D eigenvalue weighted by Gasteiger charge is 2.22. The van der Waals surface area contributed by atoms with E-state index in [4.69, 9.17) is 5.10 Å². The number of benzene rings is 2. The number of nitrogens with one attached hydrogen (secondary N) is 3. The van der Waals surface area contributed by atoms with Crippen molar-refractivity contribution in [1.29, 1.82) is 0 Å². The van der Waals surface area contributed by atoms with E-state index in [1.807, 2.05) is 56.6 Å². The van der Waals surface area contributed by atoms with Gasteiger partial charge in [-0.1, -0.05) is 58.9 Å². The molecular formula is C30H35N9O. The lowest BCUT2D eigenvalue weighted by atomic mass is 9.92. The molecule has 0 aliphatic rings. The number of fused-ring (bicyclic) bond motifs is 1. The molecule has 3 heterocycles. The normalized spacial score (nSPS) is 11.7. The largest absolute Gasteiger partial charge is 0.372 e. The molecule has 0 aliphatic heterocycles. The van der Waals surface area contributed by atoms with Gasteiger partial charge in [0.2, 0.25) is 0 Å². The number of aryl methyl sites for hydroxylation is 1. The number of hydrogen-bond acceptors (Lipinski definition) is 6. The van der Waals surface area contributed by atoms with Gasteiger partial charge in [0.1, 0.15) is 23.7 Å². The minimum absolute atomic E-state index is 0.181. The summed E-state index contributed by atoms with van der Waals surface area (Å²) < 4.78 is 3.51. The summed E-state index contributed by atoms with van der Waals surface area (Å²) in [5.74, 6) is 1.73. The third-order valence-corrected chi connectivity index (χ3v) is 6.80. The van der Waals surface area contributed by atoms with Crippen LogP contribution in [-0.2, 0) is 12.5 Å². The minimum Gasteiger partial charge on any atom is -0.372 e. The third kappa shape index (κ3) is 5.25. The summed E-state index contributed by atoms with van der Waals surface area (Å²) in [6, 6.07) is 17.4. The number of rotatable bonds is 6.